The van der Waals surface area contributed by atoms with Gasteiger partial charge < -0.3 is 10.1 Å². The molecular formula is C18H28BrNO3. The van der Waals surface area contributed by atoms with Crippen molar-refractivity contribution in [2.45, 2.75) is 69.7 Å². The number of alkyl halides is 1. The Bertz CT molecular complexity index is 490. The number of hydrogen-bond acceptors (Lipinski definition) is 3. The summed E-state index contributed by atoms with van der Waals surface area (Å²) >= 11 is 3.90. The molecule has 0 aromatic heterocycles. The molecule has 4 fully saturated rings. The maximum atomic E-state index is 12.7. The van der Waals surface area contributed by atoms with Gasteiger partial charge >= 0.3 is 5.97 Å². The number of ether oxygens (including phenoxy) is 1. The van der Waals surface area contributed by atoms with E-state index < -0.39 is 0 Å². The van der Waals surface area contributed by atoms with E-state index in [-0.39, 0.29) is 34.3 Å². The van der Waals surface area contributed by atoms with Crippen LogP contribution in [-0.4, -0.2) is 28.8 Å². The molecule has 0 aromatic carbocycles. The molecule has 5 heteroatoms. The first-order valence-corrected chi connectivity index (χ1v) is 9.66. The summed E-state index contributed by atoms with van der Waals surface area (Å²) in [4.78, 5) is 24.7. The van der Waals surface area contributed by atoms with Gasteiger partial charge in [0.2, 0.25) is 0 Å². The second kappa shape index (κ2) is 6.05. The number of hydrogen-bond donors (Lipinski definition) is 1. The maximum absolute atomic E-state index is 12.7. The van der Waals surface area contributed by atoms with Gasteiger partial charge in [0.15, 0.2) is 6.61 Å². The van der Waals surface area contributed by atoms with Crippen LogP contribution in [-0.2, 0) is 14.3 Å². The van der Waals surface area contributed by atoms with Gasteiger partial charge in [-0.25, -0.2) is 0 Å². The minimum atomic E-state index is -0.350. The normalized spacial score (nSPS) is 39.3. The van der Waals surface area contributed by atoms with Gasteiger partial charge in [-0.2, -0.15) is 0 Å². The third-order valence-corrected chi connectivity index (χ3v) is 7.07. The molecule has 0 aliphatic heterocycles. The highest BCUT2D eigenvalue weighted by Gasteiger charge is 2.60. The van der Waals surface area contributed by atoms with E-state index in [1.165, 1.54) is 19.3 Å². The van der Waals surface area contributed by atoms with Crippen molar-refractivity contribution in [2.24, 2.45) is 23.2 Å². The molecule has 0 heterocycles. The van der Waals surface area contributed by atoms with Crippen LogP contribution in [0.4, 0.5) is 0 Å². The molecule has 3 atom stereocenters. The van der Waals surface area contributed by atoms with E-state index in [0.717, 1.165) is 19.3 Å². The molecule has 4 aliphatic carbocycles. The number of amides is 1. The van der Waals surface area contributed by atoms with Gasteiger partial charge in [0.05, 0.1) is 5.41 Å². The lowest BCUT2D eigenvalue weighted by atomic mass is 9.49. The van der Waals surface area contributed by atoms with Crippen LogP contribution in [0.15, 0.2) is 0 Å². The van der Waals surface area contributed by atoms with E-state index in [1.54, 1.807) is 0 Å². The van der Waals surface area contributed by atoms with Crippen molar-refractivity contribution in [3.8, 4) is 0 Å². The molecule has 0 aromatic rings. The smallest absolute Gasteiger partial charge is 0.312 e. The van der Waals surface area contributed by atoms with Crippen molar-refractivity contribution in [1.29, 1.82) is 0 Å². The van der Waals surface area contributed by atoms with Crippen molar-refractivity contribution >= 4 is 27.8 Å². The van der Waals surface area contributed by atoms with Crippen LogP contribution in [0.3, 0.4) is 0 Å². The first-order chi connectivity index (χ1) is 10.7. The number of esters is 1. The van der Waals surface area contributed by atoms with Crippen molar-refractivity contribution < 1.29 is 14.3 Å². The lowest BCUT2D eigenvalue weighted by Crippen LogP contribution is -2.56. The summed E-state index contributed by atoms with van der Waals surface area (Å²) in [5.74, 6) is 1.29. The predicted octanol–water partition coefficient (Wildman–Crippen LogP) is 3.42. The molecule has 0 saturated heterocycles. The fraction of sp³-hybridized carbons (Fsp3) is 0.889. The van der Waals surface area contributed by atoms with Crippen LogP contribution < -0.4 is 5.32 Å². The lowest BCUT2D eigenvalue weighted by molar-refractivity contribution is -0.171. The molecule has 4 bridgehead atoms. The summed E-state index contributed by atoms with van der Waals surface area (Å²) in [7, 11) is 0. The van der Waals surface area contributed by atoms with Crippen molar-refractivity contribution in [2.75, 3.05) is 6.61 Å². The molecule has 0 spiro atoms. The van der Waals surface area contributed by atoms with E-state index in [4.69, 9.17) is 4.74 Å². The predicted molar refractivity (Wildman–Crippen MR) is 92.2 cm³/mol. The summed E-state index contributed by atoms with van der Waals surface area (Å²) in [6.45, 7) is 5.93. The first-order valence-electron chi connectivity index (χ1n) is 8.87. The fourth-order valence-electron chi connectivity index (χ4n) is 5.14. The molecule has 4 aliphatic rings. The molecule has 0 unspecified atom stereocenters. The third kappa shape index (κ3) is 3.45. The zero-order chi connectivity index (χ0) is 16.8. The summed E-state index contributed by atoms with van der Waals surface area (Å²) in [5, 5.41) is 2.89. The quantitative estimate of drug-likeness (QED) is 0.582. The van der Waals surface area contributed by atoms with E-state index in [9.17, 15) is 9.59 Å². The second-order valence-electron chi connectivity index (χ2n) is 8.57. The third-order valence-electron chi connectivity index (χ3n) is 6.15. The Labute approximate surface area is 147 Å². The van der Waals surface area contributed by atoms with Crippen LogP contribution in [0, 0.1) is 23.2 Å². The largest absolute Gasteiger partial charge is 0.455 e. The van der Waals surface area contributed by atoms with Crippen LogP contribution >= 0.6 is 15.9 Å². The molecule has 1 amide bonds. The minimum absolute atomic E-state index is 0.0894. The highest BCUT2D eigenvalue weighted by Crippen LogP contribution is 2.64. The molecule has 4 nitrogen and oxygen atoms in total. The molecule has 130 valence electrons. The van der Waals surface area contributed by atoms with E-state index in [1.807, 2.05) is 6.92 Å². The van der Waals surface area contributed by atoms with Gasteiger partial charge in [-0.1, -0.05) is 29.8 Å². The highest BCUT2D eigenvalue weighted by atomic mass is 79.9. The monoisotopic (exact) mass is 385 g/mol. The SMILES string of the molecule is CC(C)[C@@H](C)NC(=O)COC(=O)C12C[C@@H]3C[C@H](CC(Br)(C3)C1)C2. The van der Waals surface area contributed by atoms with E-state index >= 15 is 0 Å². The van der Waals surface area contributed by atoms with Crippen LogP contribution in [0.1, 0.15) is 59.3 Å². The zero-order valence-electron chi connectivity index (χ0n) is 14.4. The molecule has 4 rings (SSSR count). The Hall–Kier alpha value is -0.580. The average Bonchev–Trinajstić information content (AvgIpc) is 2.41. The van der Waals surface area contributed by atoms with Crippen molar-refractivity contribution in [3.63, 3.8) is 0 Å². The Morgan fingerprint density at radius 3 is 2.30 bits per heavy atom. The van der Waals surface area contributed by atoms with Crippen LogP contribution in [0.2, 0.25) is 0 Å². The molecule has 23 heavy (non-hydrogen) atoms. The van der Waals surface area contributed by atoms with Crippen molar-refractivity contribution in [1.82, 2.24) is 5.32 Å². The number of carbonyl (C=O) groups is 2. The number of nitrogens with one attached hydrogen (secondary N) is 1. The first kappa shape index (κ1) is 17.2. The Morgan fingerprint density at radius 2 is 1.78 bits per heavy atom. The molecule has 1 N–H and O–H groups in total. The molecular weight excluding hydrogens is 358 g/mol. The van der Waals surface area contributed by atoms with E-state index in [2.05, 4.69) is 35.1 Å². The Morgan fingerprint density at radius 1 is 1.17 bits per heavy atom. The average molecular weight is 386 g/mol. The topological polar surface area (TPSA) is 55.4 Å². The van der Waals surface area contributed by atoms with Gasteiger partial charge in [-0.05, 0) is 63.2 Å². The van der Waals surface area contributed by atoms with Crippen LogP contribution in [0.25, 0.3) is 0 Å². The van der Waals surface area contributed by atoms with Crippen molar-refractivity contribution in [3.05, 3.63) is 0 Å². The zero-order valence-corrected chi connectivity index (χ0v) is 15.9. The number of rotatable bonds is 5. The minimum Gasteiger partial charge on any atom is -0.455 e. The lowest BCUT2D eigenvalue weighted by Gasteiger charge is -2.58. The highest BCUT2D eigenvalue weighted by molar-refractivity contribution is 9.10. The number of halogens is 1. The fourth-order valence-corrected chi connectivity index (χ4v) is 6.59. The van der Waals surface area contributed by atoms with Gasteiger partial charge in [0.25, 0.3) is 5.91 Å². The number of carbonyl (C=O) groups excluding carboxylic acids is 2. The standard InChI is InChI=1S/C18H28BrNO3/c1-11(2)12(3)20-15(21)9-23-16(22)17-5-13-4-14(6-17)8-18(19,7-13)10-17/h11-14H,4-10H2,1-3H3,(H,20,21)/t12-,13+,14+,17?,18?/m1/s1. The molecule has 0 radical (unpaired) electrons. The van der Waals surface area contributed by atoms with E-state index in [0.29, 0.717) is 17.8 Å². The summed E-state index contributed by atoms with van der Waals surface area (Å²) in [5.41, 5.74) is -0.350. The Kier molecular flexibility index (Phi) is 4.54. The van der Waals surface area contributed by atoms with Gasteiger partial charge in [-0.15, -0.1) is 0 Å². The summed E-state index contributed by atoms with van der Waals surface area (Å²) in [6, 6.07) is 0.0894. The second-order valence-corrected chi connectivity index (χ2v) is 10.3. The summed E-state index contributed by atoms with van der Waals surface area (Å²) < 4.78 is 5.57. The van der Waals surface area contributed by atoms with Gasteiger partial charge in [-0.3, -0.25) is 9.59 Å². The molecule has 4 saturated carbocycles. The van der Waals surface area contributed by atoms with Gasteiger partial charge in [0.1, 0.15) is 0 Å². The van der Waals surface area contributed by atoms with Crippen LogP contribution in [0.5, 0.6) is 0 Å². The van der Waals surface area contributed by atoms with Gasteiger partial charge in [0, 0.05) is 10.4 Å². The summed E-state index contributed by atoms with van der Waals surface area (Å²) in [6.07, 6.45) is 6.39. The Balaban J connectivity index is 1.57. The maximum Gasteiger partial charge on any atom is 0.312 e.